The van der Waals surface area contributed by atoms with Gasteiger partial charge in [0, 0.05) is 18.7 Å². The average molecular weight is 317 g/mol. The maximum atomic E-state index is 12.2. The zero-order chi connectivity index (χ0) is 16.5. The maximum Gasteiger partial charge on any atom is 0.573 e. The van der Waals surface area contributed by atoms with Crippen molar-refractivity contribution in [1.29, 1.82) is 0 Å². The van der Waals surface area contributed by atoms with Gasteiger partial charge in [0.2, 0.25) is 0 Å². The molecule has 0 aliphatic carbocycles. The summed E-state index contributed by atoms with van der Waals surface area (Å²) in [7, 11) is 0. The number of carbonyl (C=O) groups is 2. The average Bonchev–Trinajstić information content (AvgIpc) is 2.81. The summed E-state index contributed by atoms with van der Waals surface area (Å²) in [6.45, 7) is 1.92. The number of likely N-dealkylation sites (tertiary alicyclic amines) is 1. The number of ether oxygens (including phenoxy) is 1. The Morgan fingerprint density at radius 3 is 2.32 bits per heavy atom. The number of rotatable bonds is 3. The first-order chi connectivity index (χ1) is 10.1. The van der Waals surface area contributed by atoms with Gasteiger partial charge in [-0.05, 0) is 37.6 Å². The van der Waals surface area contributed by atoms with E-state index in [-0.39, 0.29) is 12.1 Å². The van der Waals surface area contributed by atoms with Gasteiger partial charge in [0.05, 0.1) is 5.41 Å². The Morgan fingerprint density at radius 2 is 1.86 bits per heavy atom. The first kappa shape index (κ1) is 16.1. The van der Waals surface area contributed by atoms with Gasteiger partial charge >= 0.3 is 12.3 Å². The molecule has 2 rings (SSSR count). The molecular weight excluding hydrogens is 303 g/mol. The molecular formula is C14H14F3NO4. The zero-order valence-corrected chi connectivity index (χ0v) is 11.7. The molecule has 0 saturated carbocycles. The van der Waals surface area contributed by atoms with Crippen molar-refractivity contribution in [1.82, 2.24) is 4.90 Å². The van der Waals surface area contributed by atoms with Crippen LogP contribution in [-0.4, -0.2) is 41.3 Å². The highest BCUT2D eigenvalue weighted by Crippen LogP contribution is 2.31. The molecule has 1 atom stereocenters. The van der Waals surface area contributed by atoms with Crippen molar-refractivity contribution in [2.24, 2.45) is 5.41 Å². The van der Waals surface area contributed by atoms with Crippen molar-refractivity contribution < 1.29 is 32.6 Å². The van der Waals surface area contributed by atoms with Crippen molar-refractivity contribution in [3.8, 4) is 5.75 Å². The van der Waals surface area contributed by atoms with Crippen LogP contribution in [0.2, 0.25) is 0 Å². The van der Waals surface area contributed by atoms with Crippen molar-refractivity contribution in [3.05, 3.63) is 29.8 Å². The third-order valence-electron chi connectivity index (χ3n) is 3.61. The van der Waals surface area contributed by atoms with Gasteiger partial charge in [0.25, 0.3) is 5.91 Å². The van der Waals surface area contributed by atoms with Crippen molar-refractivity contribution in [2.75, 3.05) is 13.1 Å². The molecule has 1 aliphatic heterocycles. The van der Waals surface area contributed by atoms with Crippen LogP contribution in [0.5, 0.6) is 5.75 Å². The molecule has 0 spiro atoms. The number of carboxylic acid groups (broad SMARTS) is 1. The number of hydrogen-bond acceptors (Lipinski definition) is 3. The Morgan fingerprint density at radius 1 is 1.27 bits per heavy atom. The lowest BCUT2D eigenvalue weighted by Crippen LogP contribution is -2.34. The zero-order valence-electron chi connectivity index (χ0n) is 11.7. The first-order valence-electron chi connectivity index (χ1n) is 6.49. The van der Waals surface area contributed by atoms with Gasteiger partial charge in [0.1, 0.15) is 5.75 Å². The molecule has 22 heavy (non-hydrogen) atoms. The number of halogens is 3. The minimum absolute atomic E-state index is 0.0714. The number of amides is 1. The Labute approximate surface area is 124 Å². The van der Waals surface area contributed by atoms with E-state index in [1.165, 1.54) is 17.0 Å². The van der Waals surface area contributed by atoms with Crippen LogP contribution in [0.15, 0.2) is 24.3 Å². The molecule has 0 aromatic heterocycles. The van der Waals surface area contributed by atoms with E-state index in [0.29, 0.717) is 13.0 Å². The summed E-state index contributed by atoms with van der Waals surface area (Å²) in [5.41, 5.74) is -0.807. The molecule has 8 heteroatoms. The van der Waals surface area contributed by atoms with Gasteiger partial charge in [-0.2, -0.15) is 0 Å². The summed E-state index contributed by atoms with van der Waals surface area (Å²) in [6.07, 6.45) is -4.45. The summed E-state index contributed by atoms with van der Waals surface area (Å²) in [6, 6.07) is 4.54. The quantitative estimate of drug-likeness (QED) is 0.930. The highest BCUT2D eigenvalue weighted by atomic mass is 19.4. The standard InChI is InChI=1S/C14H14F3NO4/c1-13(12(20)21)6-7-18(8-13)11(19)9-2-4-10(5-3-9)22-14(15,16)17/h2-5H,6-8H2,1H3,(H,20,21). The molecule has 0 radical (unpaired) electrons. The van der Waals surface area contributed by atoms with E-state index in [4.69, 9.17) is 5.11 Å². The lowest BCUT2D eigenvalue weighted by molar-refractivity contribution is -0.274. The highest BCUT2D eigenvalue weighted by Gasteiger charge is 2.42. The van der Waals surface area contributed by atoms with Crippen LogP contribution in [0, 0.1) is 5.41 Å². The monoisotopic (exact) mass is 317 g/mol. The van der Waals surface area contributed by atoms with Crippen molar-refractivity contribution in [2.45, 2.75) is 19.7 Å². The fraction of sp³-hybridized carbons (Fsp3) is 0.429. The minimum Gasteiger partial charge on any atom is -0.481 e. The third kappa shape index (κ3) is 3.49. The van der Waals surface area contributed by atoms with Gasteiger partial charge in [-0.25, -0.2) is 0 Å². The summed E-state index contributed by atoms with van der Waals surface area (Å²) < 4.78 is 39.9. The number of benzene rings is 1. The largest absolute Gasteiger partial charge is 0.573 e. The maximum absolute atomic E-state index is 12.2. The summed E-state index contributed by atoms with van der Waals surface area (Å²) in [4.78, 5) is 24.8. The predicted octanol–water partition coefficient (Wildman–Crippen LogP) is 2.52. The van der Waals surface area contributed by atoms with Crippen molar-refractivity contribution >= 4 is 11.9 Å². The predicted molar refractivity (Wildman–Crippen MR) is 69.4 cm³/mol. The Hall–Kier alpha value is -2.25. The summed E-state index contributed by atoms with van der Waals surface area (Å²) >= 11 is 0. The number of alkyl halides is 3. The Bertz CT molecular complexity index is 585. The van der Waals surface area contributed by atoms with Gasteiger partial charge < -0.3 is 14.7 Å². The fourth-order valence-corrected chi connectivity index (χ4v) is 2.29. The van der Waals surface area contributed by atoms with Crippen LogP contribution in [0.1, 0.15) is 23.7 Å². The Balaban J connectivity index is 2.06. The molecule has 1 aliphatic rings. The summed E-state index contributed by atoms with van der Waals surface area (Å²) in [5.74, 6) is -1.80. The number of carboxylic acids is 1. The van der Waals surface area contributed by atoms with Gasteiger partial charge in [-0.3, -0.25) is 9.59 Å². The molecule has 1 aromatic carbocycles. The van der Waals surface area contributed by atoms with Crippen molar-refractivity contribution in [3.63, 3.8) is 0 Å². The first-order valence-corrected chi connectivity index (χ1v) is 6.49. The smallest absolute Gasteiger partial charge is 0.481 e. The van der Waals surface area contributed by atoms with E-state index in [1.54, 1.807) is 6.92 Å². The number of carbonyl (C=O) groups excluding carboxylic acids is 1. The highest BCUT2D eigenvalue weighted by molar-refractivity contribution is 5.95. The minimum atomic E-state index is -4.79. The van der Waals surface area contributed by atoms with E-state index in [0.717, 1.165) is 12.1 Å². The number of nitrogens with zero attached hydrogens (tertiary/aromatic N) is 1. The molecule has 1 heterocycles. The molecule has 1 saturated heterocycles. The van der Waals surface area contributed by atoms with Crippen LogP contribution in [0.3, 0.4) is 0 Å². The second kappa shape index (κ2) is 5.51. The molecule has 1 amide bonds. The third-order valence-corrected chi connectivity index (χ3v) is 3.61. The summed E-state index contributed by atoms with van der Waals surface area (Å²) in [5, 5.41) is 9.13. The van der Waals surface area contributed by atoms with Gasteiger partial charge in [-0.1, -0.05) is 0 Å². The topological polar surface area (TPSA) is 66.8 Å². The fourth-order valence-electron chi connectivity index (χ4n) is 2.29. The number of hydrogen-bond donors (Lipinski definition) is 1. The lowest BCUT2D eigenvalue weighted by Gasteiger charge is -2.20. The normalized spacial score (nSPS) is 21.7. The van der Waals surface area contributed by atoms with Crippen LogP contribution < -0.4 is 4.74 Å². The molecule has 1 fully saturated rings. The van der Waals surface area contributed by atoms with E-state index in [1.807, 2.05) is 0 Å². The second-order valence-electron chi connectivity index (χ2n) is 5.41. The molecule has 1 unspecified atom stereocenters. The molecule has 1 N–H and O–H groups in total. The van der Waals surface area contributed by atoms with E-state index < -0.39 is 29.4 Å². The van der Waals surface area contributed by atoms with Gasteiger partial charge in [-0.15, -0.1) is 13.2 Å². The lowest BCUT2D eigenvalue weighted by atomic mass is 9.90. The van der Waals surface area contributed by atoms with Crippen LogP contribution in [0.4, 0.5) is 13.2 Å². The molecule has 5 nitrogen and oxygen atoms in total. The number of aliphatic carboxylic acids is 1. The van der Waals surface area contributed by atoms with Gasteiger partial charge in [0.15, 0.2) is 0 Å². The van der Waals surface area contributed by atoms with Crippen LogP contribution in [0.25, 0.3) is 0 Å². The molecule has 120 valence electrons. The second-order valence-corrected chi connectivity index (χ2v) is 5.41. The molecule has 1 aromatic rings. The van der Waals surface area contributed by atoms with Crippen LogP contribution in [-0.2, 0) is 4.79 Å². The van der Waals surface area contributed by atoms with E-state index in [9.17, 15) is 22.8 Å². The Kier molecular flexibility index (Phi) is 4.04. The molecule has 0 bridgehead atoms. The SMILES string of the molecule is CC1(C(=O)O)CCN(C(=O)c2ccc(OC(F)(F)F)cc2)C1. The van der Waals surface area contributed by atoms with E-state index in [2.05, 4.69) is 4.74 Å². The van der Waals surface area contributed by atoms with E-state index >= 15 is 0 Å². The van der Waals surface area contributed by atoms with Crippen LogP contribution >= 0.6 is 0 Å².